The van der Waals surface area contributed by atoms with Crippen molar-refractivity contribution in [3.8, 4) is 5.69 Å². The van der Waals surface area contributed by atoms with Crippen LogP contribution in [0.2, 0.25) is 0 Å². The van der Waals surface area contributed by atoms with E-state index in [1.54, 1.807) is 42.2 Å². The van der Waals surface area contributed by atoms with Crippen molar-refractivity contribution in [3.05, 3.63) is 94.3 Å². The van der Waals surface area contributed by atoms with Crippen molar-refractivity contribution >= 4 is 23.5 Å². The molecular formula is C35H35N3O6. The van der Waals surface area contributed by atoms with Crippen molar-refractivity contribution in [2.45, 2.75) is 56.7 Å². The van der Waals surface area contributed by atoms with Crippen molar-refractivity contribution < 1.29 is 29.3 Å². The van der Waals surface area contributed by atoms with Gasteiger partial charge in [0.15, 0.2) is 0 Å². The molecule has 5 aliphatic heterocycles. The van der Waals surface area contributed by atoms with E-state index in [0.717, 1.165) is 12.2 Å². The Morgan fingerprint density at radius 1 is 1.02 bits per heavy atom. The number of ether oxygens (including phenoxy) is 1. The minimum absolute atomic E-state index is 0.104. The number of para-hydroxylation sites is 1. The fourth-order valence-electron chi connectivity index (χ4n) is 9.66. The summed E-state index contributed by atoms with van der Waals surface area (Å²) in [6.07, 6.45) is 5.43. The normalized spacial score (nSPS) is 30.6. The fourth-order valence-corrected chi connectivity index (χ4v) is 9.66. The van der Waals surface area contributed by atoms with Gasteiger partial charge in [0.25, 0.3) is 0 Å². The van der Waals surface area contributed by atoms with Gasteiger partial charge < -0.3 is 24.4 Å². The predicted molar refractivity (Wildman–Crippen MR) is 163 cm³/mol. The molecular weight excluding hydrogens is 558 g/mol. The standard InChI is InChI=1S/C21H22N2O2.C14H13NO4/c24-18-10-16-19-13-9-17-21(6-7-22(17)11-12(13)5-8-25-16)14-3-1-2-4-15(14)23(18)20(19)21;1-8-6-12(14(18)19)9(2)15(8)11-5-3-4-10(7-11)13(16)17/h1-5,13,16-17,19-20H,6-11H2;3-7H,1-2H3,(H,16,17)(H,18,19). The summed E-state index contributed by atoms with van der Waals surface area (Å²) in [7, 11) is 0. The molecule has 3 aromatic rings. The van der Waals surface area contributed by atoms with Gasteiger partial charge in [0.05, 0.1) is 36.3 Å². The predicted octanol–water partition coefficient (Wildman–Crippen LogP) is 4.58. The van der Waals surface area contributed by atoms with E-state index in [-0.39, 0.29) is 28.6 Å². The van der Waals surface area contributed by atoms with Crippen molar-refractivity contribution in [2.75, 3.05) is 24.6 Å². The number of hydrogen-bond acceptors (Lipinski definition) is 5. The third kappa shape index (κ3) is 3.62. The van der Waals surface area contributed by atoms with Gasteiger partial charge in [-0.2, -0.15) is 0 Å². The van der Waals surface area contributed by atoms with Crippen LogP contribution >= 0.6 is 0 Å². The maximum absolute atomic E-state index is 13.2. The van der Waals surface area contributed by atoms with E-state index in [4.69, 9.17) is 14.9 Å². The molecule has 2 aromatic carbocycles. The van der Waals surface area contributed by atoms with Crippen LogP contribution in [0.1, 0.15) is 56.9 Å². The third-order valence-corrected chi connectivity index (χ3v) is 11.2. The molecule has 6 aliphatic rings. The number of piperidine rings is 2. The highest BCUT2D eigenvalue weighted by Crippen LogP contribution is 2.65. The molecule has 9 heteroatoms. The SMILES string of the molecule is Cc1cc(C(=O)O)c(C)n1-c1cccc(C(=O)O)c1.O=C1CC2OCC=C3CN4CCC56c7ccccc7N1C5C2C3CC46. The maximum atomic E-state index is 13.2. The molecule has 1 aromatic heterocycles. The summed E-state index contributed by atoms with van der Waals surface area (Å²) >= 11 is 0. The number of aryl methyl sites for hydroxylation is 1. The number of carboxylic acids is 2. The summed E-state index contributed by atoms with van der Waals surface area (Å²) in [6, 6.07) is 17.6. The maximum Gasteiger partial charge on any atom is 0.337 e. The number of aromatic nitrogens is 1. The molecule has 226 valence electrons. The molecule has 1 amide bonds. The third-order valence-electron chi connectivity index (χ3n) is 11.2. The smallest absolute Gasteiger partial charge is 0.337 e. The van der Waals surface area contributed by atoms with Crippen molar-refractivity contribution in [1.82, 2.24) is 9.47 Å². The van der Waals surface area contributed by atoms with E-state index >= 15 is 0 Å². The molecule has 9 nitrogen and oxygen atoms in total. The number of aromatic carboxylic acids is 2. The summed E-state index contributed by atoms with van der Waals surface area (Å²) in [5, 5.41) is 18.1. The second-order valence-electron chi connectivity index (χ2n) is 13.1. The quantitative estimate of drug-likeness (QED) is 0.428. The van der Waals surface area contributed by atoms with E-state index in [1.807, 2.05) is 0 Å². The van der Waals surface area contributed by atoms with Crippen LogP contribution < -0.4 is 4.90 Å². The molecule has 2 N–H and O–H groups in total. The van der Waals surface area contributed by atoms with Crippen LogP contribution in [0.5, 0.6) is 0 Å². The molecule has 0 radical (unpaired) electrons. The number of amides is 1. The zero-order valence-corrected chi connectivity index (χ0v) is 24.8. The van der Waals surface area contributed by atoms with Gasteiger partial charge >= 0.3 is 11.9 Å². The Bertz CT molecular complexity index is 1780. The molecule has 1 spiro atoms. The Kier molecular flexibility index (Phi) is 5.99. The number of benzene rings is 2. The average molecular weight is 594 g/mol. The lowest BCUT2D eigenvalue weighted by atomic mass is 9.53. The molecule has 1 aliphatic carbocycles. The minimum Gasteiger partial charge on any atom is -0.478 e. The molecule has 6 heterocycles. The van der Waals surface area contributed by atoms with Crippen molar-refractivity contribution in [1.29, 1.82) is 0 Å². The lowest BCUT2D eigenvalue weighted by Crippen LogP contribution is -2.69. The second-order valence-corrected chi connectivity index (χ2v) is 13.1. The minimum atomic E-state index is -1.01. The lowest BCUT2D eigenvalue weighted by Gasteiger charge is -2.58. The van der Waals surface area contributed by atoms with Gasteiger partial charge in [-0.1, -0.05) is 35.9 Å². The lowest BCUT2D eigenvalue weighted by molar-refractivity contribution is -0.132. The number of carboxylic acid groups (broad SMARTS) is 2. The second kappa shape index (κ2) is 9.64. The van der Waals surface area contributed by atoms with Gasteiger partial charge in [-0.15, -0.1) is 0 Å². The van der Waals surface area contributed by atoms with E-state index in [9.17, 15) is 14.4 Å². The van der Waals surface area contributed by atoms with Gasteiger partial charge in [0.2, 0.25) is 5.91 Å². The van der Waals surface area contributed by atoms with Crippen LogP contribution in [-0.2, 0) is 14.9 Å². The van der Waals surface area contributed by atoms with Crippen molar-refractivity contribution in [3.63, 3.8) is 0 Å². The highest BCUT2D eigenvalue weighted by atomic mass is 16.5. The van der Waals surface area contributed by atoms with Crippen LogP contribution in [0.3, 0.4) is 0 Å². The molecule has 2 bridgehead atoms. The van der Waals surface area contributed by atoms with E-state index < -0.39 is 11.9 Å². The Morgan fingerprint density at radius 2 is 1.84 bits per heavy atom. The summed E-state index contributed by atoms with van der Waals surface area (Å²) in [6.45, 7) is 6.45. The number of nitrogens with zero attached hydrogens (tertiary/aromatic N) is 3. The average Bonchev–Trinajstić information content (AvgIpc) is 3.60. The first kappa shape index (κ1) is 27.3. The Hall–Kier alpha value is -4.21. The van der Waals surface area contributed by atoms with Crippen LogP contribution in [-0.4, -0.2) is 75.4 Å². The Morgan fingerprint density at radius 3 is 2.61 bits per heavy atom. The fraction of sp³-hybridized carbons (Fsp3) is 0.400. The summed E-state index contributed by atoms with van der Waals surface area (Å²) in [5.41, 5.74) is 6.71. The van der Waals surface area contributed by atoms with Gasteiger partial charge in [-0.3, -0.25) is 9.69 Å². The first-order valence-electron chi connectivity index (χ1n) is 15.4. The van der Waals surface area contributed by atoms with Gasteiger partial charge in [0, 0.05) is 46.7 Å². The van der Waals surface area contributed by atoms with E-state index in [1.165, 1.54) is 42.8 Å². The zero-order valence-electron chi connectivity index (χ0n) is 24.8. The molecule has 44 heavy (non-hydrogen) atoms. The monoisotopic (exact) mass is 593 g/mol. The summed E-state index contributed by atoms with van der Waals surface area (Å²) in [4.78, 5) is 40.1. The molecule has 6 atom stereocenters. The zero-order chi connectivity index (χ0) is 30.5. The number of carbonyl (C=O) groups excluding carboxylic acids is 1. The number of hydrogen-bond donors (Lipinski definition) is 2. The number of rotatable bonds is 3. The first-order valence-corrected chi connectivity index (χ1v) is 15.4. The Labute approximate surface area is 255 Å². The highest BCUT2D eigenvalue weighted by molar-refractivity contribution is 5.99. The van der Waals surface area contributed by atoms with Gasteiger partial charge in [-0.25, -0.2) is 9.59 Å². The number of fused-ring (bicyclic) bond motifs is 2. The van der Waals surface area contributed by atoms with Gasteiger partial charge in [-0.05, 0) is 75.0 Å². The largest absolute Gasteiger partial charge is 0.478 e. The van der Waals surface area contributed by atoms with Crippen molar-refractivity contribution in [2.24, 2.45) is 11.8 Å². The van der Waals surface area contributed by atoms with E-state index in [2.05, 4.69) is 40.1 Å². The molecule has 6 unspecified atom stereocenters. The number of carbonyl (C=O) groups is 3. The topological polar surface area (TPSA) is 112 Å². The van der Waals surface area contributed by atoms with E-state index in [0.29, 0.717) is 48.3 Å². The molecule has 3 saturated heterocycles. The van der Waals surface area contributed by atoms with Gasteiger partial charge in [0.1, 0.15) is 0 Å². The molecule has 9 rings (SSSR count). The van der Waals surface area contributed by atoms with Crippen LogP contribution in [0.4, 0.5) is 5.69 Å². The Balaban J connectivity index is 0.000000138. The molecule has 1 saturated carbocycles. The van der Waals surface area contributed by atoms with Crippen LogP contribution in [0.15, 0.2) is 66.2 Å². The first-order chi connectivity index (χ1) is 21.2. The molecule has 4 fully saturated rings. The summed E-state index contributed by atoms with van der Waals surface area (Å²) < 4.78 is 7.98. The number of anilines is 1. The van der Waals surface area contributed by atoms with Crippen LogP contribution in [0.25, 0.3) is 5.69 Å². The van der Waals surface area contributed by atoms with Crippen LogP contribution in [0, 0.1) is 25.7 Å². The highest BCUT2D eigenvalue weighted by Gasteiger charge is 2.70. The summed E-state index contributed by atoms with van der Waals surface area (Å²) in [5.74, 6) is -0.654.